The Labute approximate surface area is 453 Å². The molecule has 0 saturated carbocycles. The third kappa shape index (κ3) is 22.8. The Morgan fingerprint density at radius 3 is 2.05 bits per heavy atom. The molecule has 27 nitrogen and oxygen atoms in total. The molecule has 0 bridgehead atoms. The number of unbranched alkanes of at least 4 members (excludes halogenated alkanes) is 1. The molecule has 8 atom stereocenters. The molecule has 426 valence electrons. The van der Waals surface area contributed by atoms with Gasteiger partial charge < -0.3 is 79.5 Å². The number of aliphatic hydroxyl groups is 2. The number of carbonyl (C=O) groups is 11. The van der Waals surface area contributed by atoms with Crippen molar-refractivity contribution in [1.29, 1.82) is 0 Å². The van der Waals surface area contributed by atoms with Crippen LogP contribution in [0.3, 0.4) is 0 Å². The summed E-state index contributed by atoms with van der Waals surface area (Å²) in [6, 6.07) is -5.11. The number of aromatic nitrogens is 1. The minimum atomic E-state index is -1.63. The number of aliphatic carboxylic acids is 1. The van der Waals surface area contributed by atoms with Crippen molar-refractivity contribution in [2.24, 2.45) is 23.1 Å². The summed E-state index contributed by atoms with van der Waals surface area (Å²) in [7, 11) is 2.38. The van der Waals surface area contributed by atoms with Gasteiger partial charge in [0.05, 0.1) is 26.3 Å². The van der Waals surface area contributed by atoms with Gasteiger partial charge in [-0.1, -0.05) is 30.7 Å². The number of rotatable bonds is 36. The molecular weight excluding hydrogens is 1050 g/mol. The first-order chi connectivity index (χ1) is 36.1. The number of likely N-dealkylation sites (N-methyl/N-ethyl adjacent to an activating group) is 1. The van der Waals surface area contributed by atoms with Gasteiger partial charge in [-0.05, 0) is 99.3 Å². The summed E-state index contributed by atoms with van der Waals surface area (Å²) in [5.74, 6) is -9.78. The van der Waals surface area contributed by atoms with Crippen molar-refractivity contribution in [1.82, 2.24) is 52.0 Å². The number of carboxylic acid groups (broad SMARTS) is 1. The van der Waals surface area contributed by atoms with Crippen LogP contribution in [0, 0.1) is 5.92 Å². The van der Waals surface area contributed by atoms with Gasteiger partial charge in [-0.25, -0.2) is 9.78 Å². The number of carbonyl (C=O) groups excluding carboxylic acids is 10. The summed E-state index contributed by atoms with van der Waals surface area (Å²) in [5, 5.41) is 47.1. The fourth-order valence-corrected chi connectivity index (χ4v) is 10.1. The standard InChI is InChI=1S/C46H75N13O14S3/c1-5-58(33(46(72)73)25-75-76-36-13-7-9-18-50-36)37(64)22-52-40(66)31(24-61)53-35(63)21-51-39(65)29(14-15-34(49)62)56-44(70)38(26(2)3)57-42(68)30(16-20-74-4)54-41(67)28(11-6-8-17-47)55-43(69)32-12-10-19-59(32)45(71)27(48)23-60/h7,9,13,18,26-33,38,60-61H,5-6,8,10-12,14-17,19-25,47-48H2,1-4H3,(H2,49,62)(H,51,65)(H,52,66)(H,53,63)(H,54,67)(H,55,69)(H,56,70)(H,57,68)(H,72,73)/t27-,28-,29-,30-,31-,32-,33-,38-/m0/s1. The Balaban J connectivity index is 2.13. The first kappa shape index (κ1) is 66.3. The van der Waals surface area contributed by atoms with Gasteiger partial charge in [0.2, 0.25) is 59.1 Å². The van der Waals surface area contributed by atoms with Gasteiger partial charge in [-0.15, -0.1) is 0 Å². The Hall–Kier alpha value is -5.79. The third-order valence-electron chi connectivity index (χ3n) is 11.7. The van der Waals surface area contributed by atoms with Crippen molar-refractivity contribution < 1.29 is 68.1 Å². The van der Waals surface area contributed by atoms with Crippen molar-refractivity contribution in [3.63, 3.8) is 0 Å². The van der Waals surface area contributed by atoms with Gasteiger partial charge in [0, 0.05) is 31.5 Å². The van der Waals surface area contributed by atoms with Crippen LogP contribution in [0.25, 0.3) is 0 Å². The summed E-state index contributed by atoms with van der Waals surface area (Å²) >= 11 is 1.37. The zero-order valence-corrected chi connectivity index (χ0v) is 45.6. The molecule has 0 aliphatic carbocycles. The lowest BCUT2D eigenvalue weighted by Gasteiger charge is -2.29. The van der Waals surface area contributed by atoms with Crippen LogP contribution < -0.4 is 54.4 Å². The molecule has 0 radical (unpaired) electrons. The highest BCUT2D eigenvalue weighted by Gasteiger charge is 2.39. The van der Waals surface area contributed by atoms with Crippen LogP contribution in [0.1, 0.15) is 72.1 Å². The Bertz CT molecular complexity index is 2120. The van der Waals surface area contributed by atoms with E-state index in [1.807, 2.05) is 0 Å². The van der Waals surface area contributed by atoms with Gasteiger partial charge in [-0.2, -0.15) is 11.8 Å². The molecular formula is C46H75N13O14S3. The first-order valence-corrected chi connectivity index (χ1v) is 28.4. The lowest BCUT2D eigenvalue weighted by molar-refractivity contribution is -0.148. The lowest BCUT2D eigenvalue weighted by Crippen LogP contribution is -2.60. The smallest absolute Gasteiger partial charge is 0.327 e. The molecule has 1 aromatic heterocycles. The number of primary amides is 1. The van der Waals surface area contributed by atoms with Gasteiger partial charge in [-0.3, -0.25) is 47.9 Å². The van der Waals surface area contributed by atoms with Crippen LogP contribution in [0.2, 0.25) is 0 Å². The van der Waals surface area contributed by atoms with Crippen LogP contribution in [-0.4, -0.2) is 207 Å². The van der Waals surface area contributed by atoms with Crippen molar-refractivity contribution in [2.75, 3.05) is 63.7 Å². The highest BCUT2D eigenvalue weighted by molar-refractivity contribution is 8.76. The fraction of sp³-hybridized carbons (Fsp3) is 0.652. The van der Waals surface area contributed by atoms with Crippen LogP contribution in [0.4, 0.5) is 0 Å². The van der Waals surface area contributed by atoms with E-state index >= 15 is 0 Å². The van der Waals surface area contributed by atoms with Crippen LogP contribution in [-0.2, 0) is 52.7 Å². The lowest BCUT2D eigenvalue weighted by atomic mass is 10.0. The number of aliphatic hydroxyl groups excluding tert-OH is 2. The number of amides is 10. The SMILES string of the molecule is CCN(C(=O)CNC(=O)[C@H](CO)NC(=O)CNC(=O)[C@H](CCC(N)=O)NC(=O)[C@@H](NC(=O)[C@H](CCSC)NC(=O)[C@H](CCCCN)NC(=O)[C@@H]1CCCN1C(=O)[C@@H](N)CO)C(C)C)[C@@H](CSSc1ccccn1)C(=O)O. The fourth-order valence-electron chi connectivity index (χ4n) is 7.54. The Morgan fingerprint density at radius 2 is 1.46 bits per heavy atom. The maximum Gasteiger partial charge on any atom is 0.327 e. The second-order valence-electron chi connectivity index (χ2n) is 17.8. The zero-order chi connectivity index (χ0) is 56.9. The minimum absolute atomic E-state index is 0.0206. The topological polar surface area (TPSA) is 430 Å². The summed E-state index contributed by atoms with van der Waals surface area (Å²) in [4.78, 5) is 151. The Morgan fingerprint density at radius 1 is 0.816 bits per heavy atom. The summed E-state index contributed by atoms with van der Waals surface area (Å²) < 4.78 is 0. The average molecular weight is 1130 g/mol. The van der Waals surface area contributed by atoms with E-state index in [1.54, 1.807) is 51.4 Å². The van der Waals surface area contributed by atoms with Crippen molar-refractivity contribution in [2.45, 2.75) is 125 Å². The molecule has 1 aliphatic rings. The van der Waals surface area contributed by atoms with Crippen LogP contribution in [0.5, 0.6) is 0 Å². The first-order valence-electron chi connectivity index (χ1n) is 24.7. The normalized spacial score (nSPS) is 15.9. The predicted molar refractivity (Wildman–Crippen MR) is 283 cm³/mol. The minimum Gasteiger partial charge on any atom is -0.480 e. The number of pyridine rings is 1. The zero-order valence-electron chi connectivity index (χ0n) is 43.2. The number of hydrogen-bond donors (Lipinski definition) is 13. The van der Waals surface area contributed by atoms with Crippen LogP contribution in [0.15, 0.2) is 29.4 Å². The molecule has 2 rings (SSSR count). The molecule has 1 aliphatic heterocycles. The number of nitrogens with zero attached hydrogens (tertiary/aromatic N) is 3. The molecule has 0 spiro atoms. The highest BCUT2D eigenvalue weighted by atomic mass is 33.1. The molecule has 0 unspecified atom stereocenters. The van der Waals surface area contributed by atoms with E-state index < -0.39 is 152 Å². The quantitative estimate of drug-likeness (QED) is 0.0224. The Kier molecular flexibility index (Phi) is 31.0. The number of carboxylic acids is 1. The average Bonchev–Trinajstić information content (AvgIpc) is 3.89. The largest absolute Gasteiger partial charge is 0.480 e. The van der Waals surface area contributed by atoms with E-state index in [4.69, 9.17) is 17.2 Å². The maximum atomic E-state index is 14.0. The van der Waals surface area contributed by atoms with E-state index in [0.717, 1.165) is 15.7 Å². The molecule has 0 aromatic carbocycles. The molecule has 76 heavy (non-hydrogen) atoms. The van der Waals surface area contributed by atoms with E-state index in [9.17, 15) is 68.1 Å². The third-order valence-corrected chi connectivity index (χ3v) is 14.6. The summed E-state index contributed by atoms with van der Waals surface area (Å²) in [6.45, 7) is 2.17. The van der Waals surface area contributed by atoms with Gasteiger partial charge in [0.1, 0.15) is 53.4 Å². The number of hydrogen-bond acceptors (Lipinski definition) is 19. The van der Waals surface area contributed by atoms with Gasteiger partial charge >= 0.3 is 5.97 Å². The van der Waals surface area contributed by atoms with E-state index in [2.05, 4.69) is 42.2 Å². The molecule has 1 saturated heterocycles. The number of nitrogens with two attached hydrogens (primary N) is 3. The molecule has 16 N–H and O–H groups in total. The van der Waals surface area contributed by atoms with Crippen molar-refractivity contribution >= 4 is 98.4 Å². The van der Waals surface area contributed by atoms with Gasteiger partial charge in [0.15, 0.2) is 0 Å². The highest BCUT2D eigenvalue weighted by Crippen LogP contribution is 2.30. The summed E-state index contributed by atoms with van der Waals surface area (Å²) in [6.07, 6.45) is 4.49. The van der Waals surface area contributed by atoms with E-state index in [-0.39, 0.29) is 44.5 Å². The number of nitrogens with one attached hydrogen (secondary N) is 7. The van der Waals surface area contributed by atoms with Gasteiger partial charge in [0.25, 0.3) is 0 Å². The number of likely N-dealkylation sites (tertiary alicyclic amines) is 1. The maximum absolute atomic E-state index is 14.0. The summed E-state index contributed by atoms with van der Waals surface area (Å²) in [5.41, 5.74) is 16.8. The number of thioether (sulfide) groups is 1. The molecule has 30 heteroatoms. The van der Waals surface area contributed by atoms with Crippen molar-refractivity contribution in [3.05, 3.63) is 24.4 Å². The van der Waals surface area contributed by atoms with Crippen LogP contribution >= 0.6 is 33.3 Å². The molecule has 1 aromatic rings. The van der Waals surface area contributed by atoms with E-state index in [0.29, 0.717) is 36.6 Å². The second kappa shape index (κ2) is 35.5. The monoisotopic (exact) mass is 1130 g/mol. The van der Waals surface area contributed by atoms with Crippen molar-refractivity contribution in [3.8, 4) is 0 Å². The molecule has 10 amide bonds. The molecule has 1 fully saturated rings. The molecule has 2 heterocycles. The predicted octanol–water partition coefficient (Wildman–Crippen LogP) is -4.11. The van der Waals surface area contributed by atoms with E-state index in [1.165, 1.54) is 27.5 Å². The second-order valence-corrected chi connectivity index (χ2v) is 21.1.